The molecule has 0 bridgehead atoms. The summed E-state index contributed by atoms with van der Waals surface area (Å²) in [5.41, 5.74) is 2.33. The van der Waals surface area contributed by atoms with Gasteiger partial charge in [0.1, 0.15) is 5.75 Å². The van der Waals surface area contributed by atoms with E-state index in [1.165, 1.54) is 4.31 Å². The molecule has 3 aromatic rings. The molecule has 2 aromatic carbocycles. The fourth-order valence-corrected chi connectivity index (χ4v) is 4.41. The number of sulfonamides is 1. The zero-order chi connectivity index (χ0) is 21.4. The Morgan fingerprint density at radius 2 is 1.61 bits per heavy atom. The van der Waals surface area contributed by atoms with Gasteiger partial charge in [-0.15, -0.1) is 12.4 Å². The van der Waals surface area contributed by atoms with Gasteiger partial charge in [0.25, 0.3) is 10.0 Å². The number of methoxy groups -OCH3 is 2. The van der Waals surface area contributed by atoms with Crippen molar-refractivity contribution in [2.24, 2.45) is 0 Å². The van der Waals surface area contributed by atoms with Crippen molar-refractivity contribution in [3.05, 3.63) is 84.2 Å². The summed E-state index contributed by atoms with van der Waals surface area (Å²) in [4.78, 5) is 4.20. The second-order valence-corrected chi connectivity index (χ2v) is 8.28. The normalized spacial score (nSPS) is 11.2. The highest BCUT2D eigenvalue weighted by atomic mass is 35.5. The zero-order valence-corrected chi connectivity index (χ0v) is 19.0. The van der Waals surface area contributed by atoms with Crippen molar-refractivity contribution in [2.75, 3.05) is 31.7 Å². The van der Waals surface area contributed by atoms with Crippen molar-refractivity contribution >= 4 is 40.3 Å². The standard InChI is InChI=1S/C23H24N2O4S.ClH/c1-28-18-17-25(30(26,27)22-11-9-21(29-2)10-12-22)23-6-4-3-5-20(23)8-7-19-13-15-24-16-14-19;/h3-16H,17-18H2,1-2H3;1H/b8-7+;. The maximum Gasteiger partial charge on any atom is 0.264 e. The van der Waals surface area contributed by atoms with Crippen LogP contribution in [0.3, 0.4) is 0 Å². The minimum Gasteiger partial charge on any atom is -0.497 e. The average molecular weight is 461 g/mol. The van der Waals surface area contributed by atoms with Gasteiger partial charge in [-0.05, 0) is 53.6 Å². The van der Waals surface area contributed by atoms with Crippen molar-refractivity contribution < 1.29 is 17.9 Å². The van der Waals surface area contributed by atoms with Gasteiger partial charge in [-0.1, -0.05) is 30.4 Å². The Labute approximate surface area is 189 Å². The largest absolute Gasteiger partial charge is 0.497 e. The number of hydrogen-bond acceptors (Lipinski definition) is 5. The summed E-state index contributed by atoms with van der Waals surface area (Å²) in [5, 5.41) is 0. The minimum absolute atomic E-state index is 0. The molecule has 1 heterocycles. The van der Waals surface area contributed by atoms with Crippen molar-refractivity contribution in [1.82, 2.24) is 4.98 Å². The molecule has 31 heavy (non-hydrogen) atoms. The van der Waals surface area contributed by atoms with Crippen molar-refractivity contribution in [3.8, 4) is 5.75 Å². The smallest absolute Gasteiger partial charge is 0.264 e. The van der Waals surface area contributed by atoms with E-state index in [4.69, 9.17) is 9.47 Å². The van der Waals surface area contributed by atoms with Gasteiger partial charge in [0.2, 0.25) is 0 Å². The number of aromatic nitrogens is 1. The topological polar surface area (TPSA) is 68.7 Å². The van der Waals surface area contributed by atoms with Gasteiger partial charge in [0.15, 0.2) is 0 Å². The van der Waals surface area contributed by atoms with E-state index in [9.17, 15) is 8.42 Å². The monoisotopic (exact) mass is 460 g/mol. The van der Waals surface area contributed by atoms with Gasteiger partial charge in [-0.2, -0.15) is 0 Å². The predicted octanol–water partition coefficient (Wildman–Crippen LogP) is 4.52. The molecule has 0 amide bonds. The average Bonchev–Trinajstić information content (AvgIpc) is 2.79. The SMILES string of the molecule is COCCN(c1ccccc1/C=C/c1ccncc1)S(=O)(=O)c1ccc(OC)cc1.Cl. The van der Waals surface area contributed by atoms with Crippen LogP contribution in [0, 0.1) is 0 Å². The molecule has 8 heteroatoms. The van der Waals surface area contributed by atoms with E-state index in [1.54, 1.807) is 56.9 Å². The lowest BCUT2D eigenvalue weighted by molar-refractivity contribution is 0.208. The number of nitrogens with zero attached hydrogens (tertiary/aromatic N) is 2. The Hall–Kier alpha value is -2.87. The molecule has 0 saturated heterocycles. The predicted molar refractivity (Wildman–Crippen MR) is 126 cm³/mol. The van der Waals surface area contributed by atoms with Gasteiger partial charge in [0.05, 0.1) is 30.8 Å². The molecule has 0 aliphatic carbocycles. The van der Waals surface area contributed by atoms with Crippen LogP contribution in [-0.4, -0.2) is 40.8 Å². The van der Waals surface area contributed by atoms with E-state index >= 15 is 0 Å². The lowest BCUT2D eigenvalue weighted by Crippen LogP contribution is -2.34. The van der Waals surface area contributed by atoms with E-state index in [0.29, 0.717) is 11.4 Å². The number of ether oxygens (including phenoxy) is 2. The maximum atomic E-state index is 13.5. The molecule has 0 aliphatic heterocycles. The quantitative estimate of drug-likeness (QED) is 0.469. The van der Waals surface area contributed by atoms with E-state index in [2.05, 4.69) is 4.98 Å². The van der Waals surface area contributed by atoms with Crippen molar-refractivity contribution in [1.29, 1.82) is 0 Å². The first-order chi connectivity index (χ1) is 14.6. The summed E-state index contributed by atoms with van der Waals surface area (Å²) in [6, 6.07) is 17.5. The third-order valence-corrected chi connectivity index (χ3v) is 6.34. The molecule has 6 nitrogen and oxygen atoms in total. The third-order valence-electron chi connectivity index (χ3n) is 4.51. The lowest BCUT2D eigenvalue weighted by Gasteiger charge is -2.26. The first-order valence-corrected chi connectivity index (χ1v) is 10.8. The van der Waals surface area contributed by atoms with Crippen LogP contribution in [-0.2, 0) is 14.8 Å². The lowest BCUT2D eigenvalue weighted by atomic mass is 10.1. The van der Waals surface area contributed by atoms with Crippen LogP contribution in [0.25, 0.3) is 12.2 Å². The van der Waals surface area contributed by atoms with E-state index in [0.717, 1.165) is 11.1 Å². The van der Waals surface area contributed by atoms with Gasteiger partial charge in [-0.25, -0.2) is 8.42 Å². The second-order valence-electron chi connectivity index (χ2n) is 6.42. The van der Waals surface area contributed by atoms with Crippen LogP contribution >= 0.6 is 12.4 Å². The molecule has 0 radical (unpaired) electrons. The minimum atomic E-state index is -3.80. The zero-order valence-electron chi connectivity index (χ0n) is 17.3. The number of anilines is 1. The Morgan fingerprint density at radius 1 is 0.935 bits per heavy atom. The van der Waals surface area contributed by atoms with Crippen LogP contribution in [0.4, 0.5) is 5.69 Å². The van der Waals surface area contributed by atoms with Gasteiger partial charge < -0.3 is 9.47 Å². The molecule has 0 fully saturated rings. The fraction of sp³-hybridized carbons (Fsp3) is 0.174. The van der Waals surface area contributed by atoms with Crippen LogP contribution in [0.2, 0.25) is 0 Å². The van der Waals surface area contributed by atoms with Gasteiger partial charge in [0, 0.05) is 19.5 Å². The summed E-state index contributed by atoms with van der Waals surface area (Å²) in [6.07, 6.45) is 7.25. The van der Waals surface area contributed by atoms with Crippen LogP contribution < -0.4 is 9.04 Å². The summed E-state index contributed by atoms with van der Waals surface area (Å²) in [6.45, 7) is 0.447. The highest BCUT2D eigenvalue weighted by molar-refractivity contribution is 7.92. The van der Waals surface area contributed by atoms with E-state index < -0.39 is 10.0 Å². The summed E-state index contributed by atoms with van der Waals surface area (Å²) in [7, 11) is -0.712. The number of benzene rings is 2. The third kappa shape index (κ3) is 6.07. The van der Waals surface area contributed by atoms with Crippen LogP contribution in [0.5, 0.6) is 5.75 Å². The molecule has 0 spiro atoms. The van der Waals surface area contributed by atoms with Gasteiger partial charge in [-0.3, -0.25) is 9.29 Å². The van der Waals surface area contributed by atoms with Crippen molar-refractivity contribution in [3.63, 3.8) is 0 Å². The molecule has 1 aromatic heterocycles. The van der Waals surface area contributed by atoms with Crippen LogP contribution in [0.15, 0.2) is 78.0 Å². The molecule has 0 saturated carbocycles. The molecule has 3 rings (SSSR count). The van der Waals surface area contributed by atoms with Crippen LogP contribution in [0.1, 0.15) is 11.1 Å². The van der Waals surface area contributed by atoms with Crippen molar-refractivity contribution in [2.45, 2.75) is 4.90 Å². The molecule has 0 unspecified atom stereocenters. The summed E-state index contributed by atoms with van der Waals surface area (Å²) >= 11 is 0. The number of rotatable bonds is 9. The molecule has 0 N–H and O–H groups in total. The fourth-order valence-electron chi connectivity index (χ4n) is 2.94. The highest BCUT2D eigenvalue weighted by Gasteiger charge is 2.26. The summed E-state index contributed by atoms with van der Waals surface area (Å²) < 4.78 is 38.6. The molecular formula is C23H25ClN2O4S. The van der Waals surface area contributed by atoms with E-state index in [-0.39, 0.29) is 30.5 Å². The highest BCUT2D eigenvalue weighted by Crippen LogP contribution is 2.29. The number of para-hydroxylation sites is 1. The molecule has 164 valence electrons. The molecular weight excluding hydrogens is 436 g/mol. The van der Waals surface area contributed by atoms with E-state index in [1.807, 2.05) is 42.5 Å². The Kier molecular flexibility index (Phi) is 9.05. The second kappa shape index (κ2) is 11.5. The molecule has 0 atom stereocenters. The Balaban J connectivity index is 0.00000341. The Morgan fingerprint density at radius 3 is 2.26 bits per heavy atom. The summed E-state index contributed by atoms with van der Waals surface area (Å²) in [5.74, 6) is 0.595. The number of halogens is 1. The van der Waals surface area contributed by atoms with Gasteiger partial charge >= 0.3 is 0 Å². The first-order valence-electron chi connectivity index (χ1n) is 9.39. The maximum absolute atomic E-state index is 13.5. The number of pyridine rings is 1. The Bertz CT molecular complexity index is 1090. The number of hydrogen-bond donors (Lipinski definition) is 0. The molecule has 0 aliphatic rings. The first kappa shape index (κ1) is 24.4.